The molecule has 0 saturated heterocycles. The van der Waals surface area contributed by atoms with E-state index >= 15 is 0 Å². The molecule has 0 bridgehead atoms. The number of nitrogens with two attached hydrogens (primary N) is 1. The van der Waals surface area contributed by atoms with Crippen LogP contribution in [0.3, 0.4) is 0 Å². The van der Waals surface area contributed by atoms with E-state index in [1.807, 2.05) is 19.1 Å². The maximum absolute atomic E-state index is 10.9. The normalized spacial score (nSPS) is 16.5. The first-order valence-electron chi connectivity index (χ1n) is 7.79. The van der Waals surface area contributed by atoms with Gasteiger partial charge in [-0.05, 0) is 31.2 Å². The third-order valence-corrected chi connectivity index (χ3v) is 3.83. The van der Waals surface area contributed by atoms with Gasteiger partial charge in [-0.15, -0.1) is 0 Å². The van der Waals surface area contributed by atoms with Crippen LogP contribution in [0, 0.1) is 11.8 Å². The van der Waals surface area contributed by atoms with Gasteiger partial charge in [0.2, 0.25) is 0 Å². The second-order valence-electron chi connectivity index (χ2n) is 5.98. The molecule has 3 heteroatoms. The van der Waals surface area contributed by atoms with Gasteiger partial charge in [0.25, 0.3) is 0 Å². The van der Waals surface area contributed by atoms with Crippen molar-refractivity contribution in [2.75, 3.05) is 0 Å². The number of benzene rings is 1. The van der Waals surface area contributed by atoms with Crippen molar-refractivity contribution < 1.29 is 9.90 Å². The van der Waals surface area contributed by atoms with E-state index in [-0.39, 0.29) is 0 Å². The summed E-state index contributed by atoms with van der Waals surface area (Å²) in [6.45, 7) is 5.84. The van der Waals surface area contributed by atoms with Crippen LogP contribution in [0.4, 0.5) is 0 Å². The fourth-order valence-corrected chi connectivity index (χ4v) is 2.22. The monoisotopic (exact) mass is 301 g/mol. The number of carbonyl (C=O) groups is 1. The van der Waals surface area contributed by atoms with Crippen molar-refractivity contribution in [3.05, 3.63) is 59.7 Å². The van der Waals surface area contributed by atoms with E-state index in [1.165, 1.54) is 5.56 Å². The van der Waals surface area contributed by atoms with Gasteiger partial charge in [-0.25, -0.2) is 0 Å². The molecule has 0 aliphatic carbocycles. The second-order valence-corrected chi connectivity index (χ2v) is 5.98. The van der Waals surface area contributed by atoms with E-state index in [4.69, 9.17) is 10.8 Å². The van der Waals surface area contributed by atoms with Crippen molar-refractivity contribution in [3.8, 4) is 0 Å². The Morgan fingerprint density at radius 1 is 1.27 bits per heavy atom. The highest BCUT2D eigenvalue weighted by Gasteiger charge is 2.16. The molecule has 0 heterocycles. The average Bonchev–Trinajstić information content (AvgIpc) is 2.50. The van der Waals surface area contributed by atoms with E-state index in [2.05, 4.69) is 37.3 Å². The lowest BCUT2D eigenvalue weighted by Gasteiger charge is -2.11. The molecule has 0 aromatic heterocycles. The van der Waals surface area contributed by atoms with Crippen LogP contribution in [0.15, 0.2) is 54.1 Å². The van der Waals surface area contributed by atoms with Crippen LogP contribution in [0.25, 0.3) is 0 Å². The molecule has 0 amide bonds. The molecule has 0 saturated carbocycles. The number of hydrogen-bond acceptors (Lipinski definition) is 2. The molecule has 0 fully saturated rings. The van der Waals surface area contributed by atoms with Crippen molar-refractivity contribution in [1.82, 2.24) is 0 Å². The Morgan fingerprint density at radius 3 is 2.50 bits per heavy atom. The van der Waals surface area contributed by atoms with Crippen molar-refractivity contribution >= 4 is 5.97 Å². The predicted molar refractivity (Wildman–Crippen MR) is 91.6 cm³/mol. The predicted octanol–water partition coefficient (Wildman–Crippen LogP) is 3.81. The summed E-state index contributed by atoms with van der Waals surface area (Å²) in [5.74, 6) is -0.965. The van der Waals surface area contributed by atoms with Crippen LogP contribution in [-0.2, 0) is 11.2 Å². The molecule has 0 aliphatic rings. The van der Waals surface area contributed by atoms with Crippen LogP contribution in [0.5, 0.6) is 0 Å². The highest BCUT2D eigenvalue weighted by molar-refractivity contribution is 5.70. The Balaban J connectivity index is 2.48. The number of rotatable bonds is 8. The SMILES string of the molecule is CC(/C=C/C(N)C(C)C(=O)O)=C\C(C)CCc1ccccc1. The summed E-state index contributed by atoms with van der Waals surface area (Å²) < 4.78 is 0. The molecule has 22 heavy (non-hydrogen) atoms. The summed E-state index contributed by atoms with van der Waals surface area (Å²) >= 11 is 0. The lowest BCUT2D eigenvalue weighted by atomic mass is 9.98. The molecule has 3 unspecified atom stereocenters. The maximum atomic E-state index is 10.9. The Hall–Kier alpha value is -1.87. The molecule has 1 aromatic rings. The highest BCUT2D eigenvalue weighted by Crippen LogP contribution is 2.13. The quantitative estimate of drug-likeness (QED) is 0.718. The molecule has 3 nitrogen and oxygen atoms in total. The summed E-state index contributed by atoms with van der Waals surface area (Å²) in [5.41, 5.74) is 8.31. The van der Waals surface area contributed by atoms with Crippen LogP contribution in [-0.4, -0.2) is 17.1 Å². The number of carboxylic acid groups (broad SMARTS) is 1. The number of allylic oxidation sites excluding steroid dienone is 3. The first-order chi connectivity index (χ1) is 10.4. The van der Waals surface area contributed by atoms with Gasteiger partial charge in [0.15, 0.2) is 0 Å². The minimum absolute atomic E-state index is 0.458. The number of hydrogen-bond donors (Lipinski definition) is 2. The van der Waals surface area contributed by atoms with Crippen LogP contribution < -0.4 is 5.73 Å². The van der Waals surface area contributed by atoms with Gasteiger partial charge in [0.05, 0.1) is 5.92 Å². The summed E-state index contributed by atoms with van der Waals surface area (Å²) in [6, 6.07) is 10.00. The first-order valence-corrected chi connectivity index (χ1v) is 7.79. The zero-order valence-corrected chi connectivity index (χ0v) is 13.7. The largest absolute Gasteiger partial charge is 0.481 e. The Kier molecular flexibility index (Phi) is 7.61. The smallest absolute Gasteiger partial charge is 0.308 e. The van der Waals surface area contributed by atoms with E-state index < -0.39 is 17.9 Å². The summed E-state index contributed by atoms with van der Waals surface area (Å²) in [7, 11) is 0. The second kappa shape index (κ2) is 9.21. The van der Waals surface area contributed by atoms with Gasteiger partial charge < -0.3 is 10.8 Å². The molecular weight excluding hydrogens is 274 g/mol. The fourth-order valence-electron chi connectivity index (χ4n) is 2.22. The molecule has 0 radical (unpaired) electrons. The van der Waals surface area contributed by atoms with Gasteiger partial charge in [-0.3, -0.25) is 4.79 Å². The summed E-state index contributed by atoms with van der Waals surface area (Å²) in [5, 5.41) is 8.91. The van der Waals surface area contributed by atoms with Gasteiger partial charge in [0.1, 0.15) is 0 Å². The third kappa shape index (κ3) is 6.72. The molecule has 0 spiro atoms. The van der Waals surface area contributed by atoms with E-state index in [1.54, 1.807) is 13.0 Å². The lowest BCUT2D eigenvalue weighted by molar-refractivity contribution is -0.141. The van der Waals surface area contributed by atoms with E-state index in [9.17, 15) is 4.79 Å². The lowest BCUT2D eigenvalue weighted by Crippen LogP contribution is -2.31. The van der Waals surface area contributed by atoms with Crippen LogP contribution in [0.1, 0.15) is 32.8 Å². The standard InChI is InChI=1S/C19H27NO2/c1-14(9-11-17-7-5-4-6-8-17)13-15(2)10-12-18(20)16(3)19(21)22/h4-8,10,12-14,16,18H,9,11,20H2,1-3H3,(H,21,22)/b12-10+,15-13+. The number of aliphatic carboxylic acids is 1. The van der Waals surface area contributed by atoms with E-state index in [0.717, 1.165) is 18.4 Å². The summed E-state index contributed by atoms with van der Waals surface area (Å²) in [4.78, 5) is 10.9. The van der Waals surface area contributed by atoms with Crippen molar-refractivity contribution in [3.63, 3.8) is 0 Å². The molecule has 3 atom stereocenters. The topological polar surface area (TPSA) is 63.3 Å². The third-order valence-electron chi connectivity index (χ3n) is 3.83. The van der Waals surface area contributed by atoms with Crippen molar-refractivity contribution in [2.45, 2.75) is 39.7 Å². The van der Waals surface area contributed by atoms with Crippen molar-refractivity contribution in [2.24, 2.45) is 17.6 Å². The molecular formula is C19H27NO2. The summed E-state index contributed by atoms with van der Waals surface area (Å²) in [6.07, 6.45) is 8.05. The Bertz CT molecular complexity index is 519. The first kappa shape index (κ1) is 18.2. The molecule has 120 valence electrons. The number of carboxylic acids is 1. The fraction of sp³-hybridized carbons (Fsp3) is 0.421. The van der Waals surface area contributed by atoms with Gasteiger partial charge in [-0.2, -0.15) is 0 Å². The van der Waals surface area contributed by atoms with Crippen LogP contribution in [0.2, 0.25) is 0 Å². The molecule has 0 aliphatic heterocycles. The maximum Gasteiger partial charge on any atom is 0.308 e. The van der Waals surface area contributed by atoms with Crippen LogP contribution >= 0.6 is 0 Å². The van der Waals surface area contributed by atoms with E-state index in [0.29, 0.717) is 5.92 Å². The van der Waals surface area contributed by atoms with Gasteiger partial charge >= 0.3 is 5.97 Å². The van der Waals surface area contributed by atoms with Crippen molar-refractivity contribution in [1.29, 1.82) is 0 Å². The van der Waals surface area contributed by atoms with Gasteiger partial charge in [0, 0.05) is 6.04 Å². The molecule has 1 rings (SSSR count). The minimum Gasteiger partial charge on any atom is -0.481 e. The Labute approximate surface area is 133 Å². The Morgan fingerprint density at radius 2 is 1.91 bits per heavy atom. The highest BCUT2D eigenvalue weighted by atomic mass is 16.4. The average molecular weight is 301 g/mol. The number of aryl methyl sites for hydroxylation is 1. The molecule has 3 N–H and O–H groups in total. The zero-order valence-electron chi connectivity index (χ0n) is 13.7. The molecule has 1 aromatic carbocycles. The zero-order chi connectivity index (χ0) is 16.5. The minimum atomic E-state index is -0.866. The van der Waals surface area contributed by atoms with Gasteiger partial charge in [-0.1, -0.05) is 68.0 Å².